The Hall–Kier alpha value is -4.37. The topological polar surface area (TPSA) is 38.7 Å². The molecule has 0 aliphatic heterocycles. The fourth-order valence-electron chi connectivity index (χ4n) is 4.29. The van der Waals surface area contributed by atoms with Gasteiger partial charge in [-0.05, 0) is 28.5 Å². The lowest BCUT2D eigenvalue weighted by Crippen LogP contribution is -2.01. The molecule has 0 aliphatic carbocycles. The van der Waals surface area contributed by atoms with E-state index >= 15 is 0 Å². The van der Waals surface area contributed by atoms with Crippen molar-refractivity contribution in [2.24, 2.45) is 0 Å². The van der Waals surface area contributed by atoms with Gasteiger partial charge in [0.15, 0.2) is 17.5 Å². The van der Waals surface area contributed by atoms with Crippen LogP contribution >= 0.6 is 0 Å². The predicted octanol–water partition coefficient (Wildman–Crippen LogP) is 7.49. The Kier molecular flexibility index (Phi) is 4.66. The normalized spacial score (nSPS) is 11.2. The standard InChI is InChI=1S/C30H21N3/c1-20-16-18-23(19-17-20)28-31-29(26-14-6-10-21-8-2-4-12-24(21)26)33-30(32-28)27-15-7-11-22-9-3-5-13-25(22)27/h2-19H,1H3. The van der Waals surface area contributed by atoms with Crippen LogP contribution in [-0.2, 0) is 0 Å². The zero-order valence-electron chi connectivity index (χ0n) is 18.2. The van der Waals surface area contributed by atoms with E-state index in [9.17, 15) is 0 Å². The van der Waals surface area contributed by atoms with Gasteiger partial charge in [0.25, 0.3) is 0 Å². The number of benzene rings is 5. The molecule has 0 saturated heterocycles. The van der Waals surface area contributed by atoms with Crippen molar-refractivity contribution in [2.75, 3.05) is 0 Å². The van der Waals surface area contributed by atoms with Gasteiger partial charge in [0, 0.05) is 16.7 Å². The summed E-state index contributed by atoms with van der Waals surface area (Å²) in [7, 11) is 0. The summed E-state index contributed by atoms with van der Waals surface area (Å²) >= 11 is 0. The van der Waals surface area contributed by atoms with Crippen LogP contribution in [0.15, 0.2) is 109 Å². The first-order valence-electron chi connectivity index (χ1n) is 11.1. The maximum Gasteiger partial charge on any atom is 0.164 e. The van der Waals surface area contributed by atoms with Crippen molar-refractivity contribution in [3.05, 3.63) is 115 Å². The summed E-state index contributed by atoms with van der Waals surface area (Å²) in [6.07, 6.45) is 0. The zero-order valence-corrected chi connectivity index (χ0v) is 18.2. The van der Waals surface area contributed by atoms with Gasteiger partial charge in [-0.1, -0.05) is 115 Å². The molecule has 6 aromatic rings. The van der Waals surface area contributed by atoms with Gasteiger partial charge < -0.3 is 0 Å². The molecule has 6 rings (SSSR count). The molecular formula is C30H21N3. The molecule has 0 atom stereocenters. The molecule has 0 amide bonds. The van der Waals surface area contributed by atoms with Crippen LogP contribution in [0.2, 0.25) is 0 Å². The molecule has 0 radical (unpaired) electrons. The van der Waals surface area contributed by atoms with Gasteiger partial charge in [0.05, 0.1) is 0 Å². The van der Waals surface area contributed by atoms with Crippen molar-refractivity contribution in [3.8, 4) is 34.2 Å². The van der Waals surface area contributed by atoms with Crippen molar-refractivity contribution < 1.29 is 0 Å². The molecule has 33 heavy (non-hydrogen) atoms. The van der Waals surface area contributed by atoms with Crippen molar-refractivity contribution in [3.63, 3.8) is 0 Å². The Morgan fingerprint density at radius 1 is 0.424 bits per heavy atom. The number of hydrogen-bond acceptors (Lipinski definition) is 3. The average molecular weight is 424 g/mol. The molecule has 1 heterocycles. The second kappa shape index (κ2) is 7.95. The highest BCUT2D eigenvalue weighted by Gasteiger charge is 2.15. The summed E-state index contributed by atoms with van der Waals surface area (Å²) in [6.45, 7) is 2.08. The molecule has 1 aromatic heterocycles. The lowest BCUT2D eigenvalue weighted by Gasteiger charge is -2.11. The molecule has 0 spiro atoms. The van der Waals surface area contributed by atoms with Gasteiger partial charge in [0.1, 0.15) is 0 Å². The number of rotatable bonds is 3. The minimum atomic E-state index is 0.677. The van der Waals surface area contributed by atoms with Crippen LogP contribution in [0, 0.1) is 6.92 Å². The first-order valence-corrected chi connectivity index (χ1v) is 11.1. The molecule has 0 bridgehead atoms. The number of aryl methyl sites for hydroxylation is 1. The Bertz CT molecular complexity index is 1510. The average Bonchev–Trinajstić information content (AvgIpc) is 2.88. The highest BCUT2D eigenvalue weighted by molar-refractivity contribution is 5.97. The van der Waals surface area contributed by atoms with Crippen LogP contribution in [0.25, 0.3) is 55.7 Å². The molecule has 0 unspecified atom stereocenters. The summed E-state index contributed by atoms with van der Waals surface area (Å²) < 4.78 is 0. The third-order valence-corrected chi connectivity index (χ3v) is 6.01. The van der Waals surface area contributed by atoms with E-state index in [1.165, 1.54) is 16.3 Å². The van der Waals surface area contributed by atoms with E-state index in [0.717, 1.165) is 27.5 Å². The summed E-state index contributed by atoms with van der Waals surface area (Å²) in [4.78, 5) is 14.9. The van der Waals surface area contributed by atoms with Crippen LogP contribution in [0.3, 0.4) is 0 Å². The third kappa shape index (κ3) is 3.54. The van der Waals surface area contributed by atoms with E-state index in [4.69, 9.17) is 15.0 Å². The molecule has 0 saturated carbocycles. The van der Waals surface area contributed by atoms with E-state index in [0.29, 0.717) is 17.5 Å². The van der Waals surface area contributed by atoms with Gasteiger partial charge in [-0.15, -0.1) is 0 Å². The quantitative estimate of drug-likeness (QED) is 0.296. The number of nitrogens with zero attached hydrogens (tertiary/aromatic N) is 3. The predicted molar refractivity (Wildman–Crippen MR) is 136 cm³/mol. The Balaban J connectivity index is 1.64. The van der Waals surface area contributed by atoms with E-state index < -0.39 is 0 Å². The minimum absolute atomic E-state index is 0.677. The first-order chi connectivity index (χ1) is 16.3. The second-order valence-electron chi connectivity index (χ2n) is 8.23. The molecule has 156 valence electrons. The molecule has 5 aromatic carbocycles. The van der Waals surface area contributed by atoms with Crippen LogP contribution in [0.4, 0.5) is 0 Å². The van der Waals surface area contributed by atoms with Gasteiger partial charge in [-0.25, -0.2) is 15.0 Å². The number of hydrogen-bond donors (Lipinski definition) is 0. The fourth-order valence-corrected chi connectivity index (χ4v) is 4.29. The van der Waals surface area contributed by atoms with Crippen molar-refractivity contribution in [1.29, 1.82) is 0 Å². The second-order valence-corrected chi connectivity index (χ2v) is 8.23. The maximum atomic E-state index is 4.99. The van der Waals surface area contributed by atoms with E-state index in [-0.39, 0.29) is 0 Å². The monoisotopic (exact) mass is 423 g/mol. The van der Waals surface area contributed by atoms with Crippen LogP contribution < -0.4 is 0 Å². The minimum Gasteiger partial charge on any atom is -0.208 e. The summed E-state index contributed by atoms with van der Waals surface area (Å²) in [6, 6.07) is 37.6. The molecule has 0 fully saturated rings. The largest absolute Gasteiger partial charge is 0.208 e. The van der Waals surface area contributed by atoms with Crippen LogP contribution in [0.5, 0.6) is 0 Å². The first kappa shape index (κ1) is 19.3. The Morgan fingerprint density at radius 2 is 0.879 bits per heavy atom. The lowest BCUT2D eigenvalue weighted by atomic mass is 10.0. The molecule has 3 heteroatoms. The van der Waals surface area contributed by atoms with Crippen LogP contribution in [0.1, 0.15) is 5.56 Å². The SMILES string of the molecule is Cc1ccc(-c2nc(-c3cccc4ccccc34)nc(-c3cccc4ccccc34)n2)cc1. The smallest absolute Gasteiger partial charge is 0.164 e. The summed E-state index contributed by atoms with van der Waals surface area (Å²) in [5, 5.41) is 4.59. The third-order valence-electron chi connectivity index (χ3n) is 6.01. The van der Waals surface area contributed by atoms with Gasteiger partial charge in [-0.3, -0.25) is 0 Å². The summed E-state index contributed by atoms with van der Waals surface area (Å²) in [5.74, 6) is 2.04. The highest BCUT2D eigenvalue weighted by atomic mass is 15.0. The van der Waals surface area contributed by atoms with Gasteiger partial charge in [0.2, 0.25) is 0 Å². The van der Waals surface area contributed by atoms with E-state index in [2.05, 4.69) is 116 Å². The highest BCUT2D eigenvalue weighted by Crippen LogP contribution is 2.32. The zero-order chi connectivity index (χ0) is 22.2. The van der Waals surface area contributed by atoms with Gasteiger partial charge in [-0.2, -0.15) is 0 Å². The van der Waals surface area contributed by atoms with Crippen molar-refractivity contribution in [2.45, 2.75) is 6.92 Å². The number of aromatic nitrogens is 3. The Labute approximate surface area is 192 Å². The maximum absolute atomic E-state index is 4.99. The Morgan fingerprint density at radius 3 is 1.42 bits per heavy atom. The fraction of sp³-hybridized carbons (Fsp3) is 0.0333. The van der Waals surface area contributed by atoms with E-state index in [1.807, 2.05) is 0 Å². The van der Waals surface area contributed by atoms with Crippen molar-refractivity contribution >= 4 is 21.5 Å². The molecule has 0 aliphatic rings. The van der Waals surface area contributed by atoms with Crippen molar-refractivity contribution in [1.82, 2.24) is 15.0 Å². The van der Waals surface area contributed by atoms with E-state index in [1.54, 1.807) is 0 Å². The molecule has 3 nitrogen and oxygen atoms in total. The summed E-state index contributed by atoms with van der Waals surface area (Å²) in [5.41, 5.74) is 4.19. The van der Waals surface area contributed by atoms with Gasteiger partial charge >= 0.3 is 0 Å². The number of fused-ring (bicyclic) bond motifs is 2. The molecule has 0 N–H and O–H groups in total. The lowest BCUT2D eigenvalue weighted by molar-refractivity contribution is 1.08. The van der Waals surface area contributed by atoms with Crippen LogP contribution in [-0.4, -0.2) is 15.0 Å². The molecular weight excluding hydrogens is 402 g/mol.